The summed E-state index contributed by atoms with van der Waals surface area (Å²) < 4.78 is 85.0. The highest BCUT2D eigenvalue weighted by molar-refractivity contribution is 6.07. The fraction of sp³-hybridized carbons (Fsp3) is 0.300. The number of halogens is 6. The van der Waals surface area contributed by atoms with Crippen molar-refractivity contribution in [2.75, 3.05) is 11.9 Å². The molecule has 0 bridgehead atoms. The Kier molecular flexibility index (Phi) is 5.21. The van der Waals surface area contributed by atoms with Crippen LogP contribution in [0.25, 0.3) is 11.0 Å². The van der Waals surface area contributed by atoms with Gasteiger partial charge in [-0.15, -0.1) is 0 Å². The van der Waals surface area contributed by atoms with E-state index in [0.717, 1.165) is 23.9 Å². The molecule has 4 rings (SSSR count). The highest BCUT2D eigenvalue weighted by Gasteiger charge is 2.67. The van der Waals surface area contributed by atoms with Crippen molar-refractivity contribution in [3.05, 3.63) is 47.2 Å². The molecular formula is C20H15F6N5O3. The van der Waals surface area contributed by atoms with Crippen molar-refractivity contribution in [3.8, 4) is 5.88 Å². The van der Waals surface area contributed by atoms with Crippen molar-refractivity contribution >= 4 is 28.8 Å². The first-order chi connectivity index (χ1) is 15.7. The van der Waals surface area contributed by atoms with Gasteiger partial charge in [0.15, 0.2) is 6.61 Å². The third kappa shape index (κ3) is 3.78. The number of benzene rings is 1. The van der Waals surface area contributed by atoms with Gasteiger partial charge in [0, 0.05) is 12.3 Å². The van der Waals surface area contributed by atoms with Crippen LogP contribution in [0.2, 0.25) is 0 Å². The van der Waals surface area contributed by atoms with Crippen LogP contribution in [0, 0.1) is 13.8 Å². The molecule has 34 heavy (non-hydrogen) atoms. The summed E-state index contributed by atoms with van der Waals surface area (Å²) >= 11 is 0. The Bertz CT molecular complexity index is 1300. The molecule has 0 saturated carbocycles. The monoisotopic (exact) mass is 487 g/mol. The number of nitrogens with zero attached hydrogens (tertiary/aromatic N) is 3. The van der Waals surface area contributed by atoms with E-state index in [1.165, 1.54) is 6.07 Å². The SMILES string of the molecule is Cc1cc2nc3n(c2cc1C)C(NC(=O)c1ccc(OCC(F)(F)F)nc1)(C(F)(F)F)C(=O)N3. The Hall–Kier alpha value is -3.84. The minimum absolute atomic E-state index is 0.0388. The van der Waals surface area contributed by atoms with Crippen molar-refractivity contribution in [1.29, 1.82) is 0 Å². The molecule has 2 amide bonds. The fourth-order valence-electron chi connectivity index (χ4n) is 3.48. The van der Waals surface area contributed by atoms with Gasteiger partial charge in [-0.3, -0.25) is 19.5 Å². The maximum absolute atomic E-state index is 14.4. The van der Waals surface area contributed by atoms with Gasteiger partial charge in [0.25, 0.3) is 17.5 Å². The molecule has 1 atom stereocenters. The van der Waals surface area contributed by atoms with Gasteiger partial charge in [-0.1, -0.05) is 0 Å². The molecule has 0 radical (unpaired) electrons. The summed E-state index contributed by atoms with van der Waals surface area (Å²) in [5.74, 6) is -3.82. The second kappa shape index (κ2) is 7.60. The molecule has 0 spiro atoms. The number of amides is 2. The number of nitrogens with one attached hydrogen (secondary N) is 2. The van der Waals surface area contributed by atoms with Crippen LogP contribution in [0.3, 0.4) is 0 Å². The maximum atomic E-state index is 14.4. The molecule has 3 aromatic rings. The standard InChI is InChI=1S/C20H15F6N5O3/c1-9-5-12-13(6-10(9)2)31-17(28-12)29-16(33)19(31,20(24,25)26)30-15(32)11-3-4-14(27-7-11)34-8-18(21,22)23/h3-7H,8H2,1-2H3,(H,30,32)(H,28,29,33). The number of carbonyl (C=O) groups excluding carboxylic acids is 2. The first-order valence-corrected chi connectivity index (χ1v) is 9.59. The first-order valence-electron chi connectivity index (χ1n) is 9.59. The Balaban J connectivity index is 1.72. The Morgan fingerprint density at radius 2 is 1.82 bits per heavy atom. The molecule has 2 N–H and O–H groups in total. The van der Waals surface area contributed by atoms with Crippen molar-refractivity contribution < 1.29 is 40.7 Å². The average molecular weight is 487 g/mol. The van der Waals surface area contributed by atoms with Crippen LogP contribution in [-0.4, -0.2) is 45.3 Å². The summed E-state index contributed by atoms with van der Waals surface area (Å²) in [6.07, 6.45) is -9.19. The number of rotatable bonds is 4. The lowest BCUT2D eigenvalue weighted by molar-refractivity contribution is -0.213. The molecule has 1 aliphatic rings. The normalized spacial score (nSPS) is 18.1. The van der Waals surface area contributed by atoms with Gasteiger partial charge in [-0.25, -0.2) is 9.97 Å². The van der Waals surface area contributed by atoms with Gasteiger partial charge in [0.1, 0.15) is 0 Å². The van der Waals surface area contributed by atoms with E-state index in [1.807, 2.05) is 0 Å². The zero-order valence-electron chi connectivity index (χ0n) is 17.4. The number of fused-ring (bicyclic) bond motifs is 3. The molecule has 0 fully saturated rings. The molecule has 3 heterocycles. The molecule has 180 valence electrons. The van der Waals surface area contributed by atoms with Crippen molar-refractivity contribution in [3.63, 3.8) is 0 Å². The number of anilines is 1. The molecular weight excluding hydrogens is 472 g/mol. The van der Waals surface area contributed by atoms with E-state index < -0.39 is 53.8 Å². The number of hydrogen-bond acceptors (Lipinski definition) is 5. The lowest BCUT2D eigenvalue weighted by Crippen LogP contribution is -2.63. The first kappa shape index (κ1) is 23.3. The second-order valence-electron chi connectivity index (χ2n) is 7.60. The summed E-state index contributed by atoms with van der Waals surface area (Å²) in [7, 11) is 0. The molecule has 2 aromatic heterocycles. The zero-order chi connectivity index (χ0) is 25.1. The van der Waals surface area contributed by atoms with Gasteiger partial charge >= 0.3 is 12.4 Å². The van der Waals surface area contributed by atoms with E-state index in [-0.39, 0.29) is 11.0 Å². The van der Waals surface area contributed by atoms with Gasteiger partial charge in [0.05, 0.1) is 16.6 Å². The van der Waals surface area contributed by atoms with Crippen molar-refractivity contribution in [1.82, 2.24) is 19.9 Å². The van der Waals surface area contributed by atoms with Crippen LogP contribution < -0.4 is 15.4 Å². The number of aromatic nitrogens is 3. The minimum atomic E-state index is -5.30. The molecule has 1 aliphatic heterocycles. The van der Waals surface area contributed by atoms with Crippen LogP contribution in [0.15, 0.2) is 30.5 Å². The average Bonchev–Trinajstić information content (AvgIpc) is 3.20. The van der Waals surface area contributed by atoms with Crippen LogP contribution in [0.1, 0.15) is 21.5 Å². The van der Waals surface area contributed by atoms with Crippen LogP contribution in [0.4, 0.5) is 32.3 Å². The second-order valence-corrected chi connectivity index (χ2v) is 7.60. The largest absolute Gasteiger partial charge is 0.468 e. The molecule has 0 saturated heterocycles. The van der Waals surface area contributed by atoms with E-state index in [1.54, 1.807) is 25.2 Å². The van der Waals surface area contributed by atoms with Crippen LogP contribution in [0.5, 0.6) is 5.88 Å². The van der Waals surface area contributed by atoms with Crippen molar-refractivity contribution in [2.45, 2.75) is 31.9 Å². The molecule has 1 unspecified atom stereocenters. The third-order valence-corrected chi connectivity index (χ3v) is 5.25. The number of carbonyl (C=O) groups is 2. The number of alkyl halides is 6. The van der Waals surface area contributed by atoms with Crippen molar-refractivity contribution in [2.24, 2.45) is 0 Å². The lowest BCUT2D eigenvalue weighted by atomic mass is 10.1. The maximum Gasteiger partial charge on any atom is 0.440 e. The zero-order valence-corrected chi connectivity index (χ0v) is 17.4. The van der Waals surface area contributed by atoms with Gasteiger partial charge in [0.2, 0.25) is 11.8 Å². The smallest absolute Gasteiger partial charge is 0.440 e. The molecule has 8 nitrogen and oxygen atoms in total. The van der Waals surface area contributed by atoms with Crippen LogP contribution in [-0.2, 0) is 10.5 Å². The van der Waals surface area contributed by atoms with E-state index in [9.17, 15) is 35.9 Å². The lowest BCUT2D eigenvalue weighted by Gasteiger charge is -2.32. The molecule has 14 heteroatoms. The summed E-state index contributed by atoms with van der Waals surface area (Å²) in [6, 6.07) is 4.78. The number of aryl methyl sites for hydroxylation is 2. The van der Waals surface area contributed by atoms with Gasteiger partial charge in [-0.05, 0) is 43.2 Å². The minimum Gasteiger partial charge on any atom is -0.468 e. The number of hydrogen-bond donors (Lipinski definition) is 2. The summed E-state index contributed by atoms with van der Waals surface area (Å²) in [5, 5.41) is 3.78. The van der Waals surface area contributed by atoms with Gasteiger partial charge in [-0.2, -0.15) is 26.3 Å². The predicted molar refractivity (Wildman–Crippen MR) is 105 cm³/mol. The number of pyridine rings is 1. The molecule has 1 aromatic carbocycles. The third-order valence-electron chi connectivity index (χ3n) is 5.25. The Labute approximate surface area is 186 Å². The quantitative estimate of drug-likeness (QED) is 0.549. The van der Waals surface area contributed by atoms with E-state index in [2.05, 4.69) is 20.0 Å². The molecule has 0 aliphatic carbocycles. The fourth-order valence-corrected chi connectivity index (χ4v) is 3.48. The highest BCUT2D eigenvalue weighted by atomic mass is 19.4. The van der Waals surface area contributed by atoms with E-state index in [0.29, 0.717) is 10.1 Å². The Morgan fingerprint density at radius 3 is 2.41 bits per heavy atom. The summed E-state index contributed by atoms with van der Waals surface area (Å²) in [5.41, 5.74) is -2.44. The number of imidazole rings is 1. The highest BCUT2D eigenvalue weighted by Crippen LogP contribution is 2.44. The van der Waals surface area contributed by atoms with Crippen LogP contribution >= 0.6 is 0 Å². The summed E-state index contributed by atoms with van der Waals surface area (Å²) in [4.78, 5) is 32.9. The topological polar surface area (TPSA) is 98.1 Å². The van der Waals surface area contributed by atoms with E-state index >= 15 is 0 Å². The predicted octanol–water partition coefficient (Wildman–Crippen LogP) is 3.59. The summed E-state index contributed by atoms with van der Waals surface area (Å²) in [6.45, 7) is 1.77. The van der Waals surface area contributed by atoms with E-state index in [4.69, 9.17) is 0 Å². The van der Waals surface area contributed by atoms with Gasteiger partial charge < -0.3 is 10.1 Å². The Morgan fingerprint density at radius 1 is 1.15 bits per heavy atom. The number of ether oxygens (including phenoxy) is 1.